The second-order valence-electron chi connectivity index (χ2n) is 9.07. The van der Waals surface area contributed by atoms with Gasteiger partial charge in [0.15, 0.2) is 0 Å². The Labute approximate surface area is 226 Å². The van der Waals surface area contributed by atoms with Crippen molar-refractivity contribution in [3.63, 3.8) is 0 Å². The van der Waals surface area contributed by atoms with E-state index in [9.17, 15) is 4.79 Å². The first-order valence-electron chi connectivity index (χ1n) is 12.6. The lowest BCUT2D eigenvalue weighted by Gasteiger charge is -2.28. The molecule has 0 aliphatic carbocycles. The predicted octanol–water partition coefficient (Wildman–Crippen LogP) is 6.31. The summed E-state index contributed by atoms with van der Waals surface area (Å²) in [7, 11) is 0. The molecule has 2 heterocycles. The number of hydrogen-bond acceptors (Lipinski definition) is 7. The standard InChI is InChI=1S/C30H30N4O3S/c1-4-38-30-32-29-31-21(3)26(28(35)37-19-22-9-6-5-7-10-22)27(34(29)33-30)24-11-8-12-25(17-24)36-18-23-15-13-20(2)14-16-23/h5-17,27H,4,18-19H2,1-3H3,(H,31,32,33). The summed E-state index contributed by atoms with van der Waals surface area (Å²) in [6.45, 7) is 6.62. The fourth-order valence-corrected chi connectivity index (χ4v) is 4.88. The minimum absolute atomic E-state index is 0.185. The molecule has 1 unspecified atom stereocenters. The Hall–Kier alpha value is -4.04. The summed E-state index contributed by atoms with van der Waals surface area (Å²) in [5, 5.41) is 8.65. The van der Waals surface area contributed by atoms with Gasteiger partial charge in [-0.2, -0.15) is 4.98 Å². The fourth-order valence-electron chi connectivity index (χ4n) is 4.32. The van der Waals surface area contributed by atoms with Crippen molar-refractivity contribution in [2.24, 2.45) is 0 Å². The number of carbonyl (C=O) groups excluding carboxylic acids is 1. The second-order valence-corrected chi connectivity index (χ2v) is 10.3. The second kappa shape index (κ2) is 11.6. The maximum absolute atomic E-state index is 13.5. The zero-order chi connectivity index (χ0) is 26.5. The van der Waals surface area contributed by atoms with E-state index >= 15 is 0 Å². The molecule has 1 aliphatic rings. The van der Waals surface area contributed by atoms with Gasteiger partial charge >= 0.3 is 5.97 Å². The summed E-state index contributed by atoms with van der Waals surface area (Å²) in [5.41, 5.74) is 5.25. The quantitative estimate of drug-likeness (QED) is 0.202. The SMILES string of the molecule is CCSc1nc2n(n1)C(c1cccc(OCc3ccc(C)cc3)c1)C(C(=O)OCc1ccccc1)=C(C)N2. The number of nitrogens with one attached hydrogen (secondary N) is 1. The Balaban J connectivity index is 1.45. The van der Waals surface area contributed by atoms with Crippen LogP contribution in [0.1, 0.15) is 42.1 Å². The Morgan fingerprint density at radius 2 is 1.74 bits per heavy atom. The largest absolute Gasteiger partial charge is 0.489 e. The number of ether oxygens (including phenoxy) is 2. The summed E-state index contributed by atoms with van der Waals surface area (Å²) < 4.78 is 13.7. The highest BCUT2D eigenvalue weighted by atomic mass is 32.2. The number of allylic oxidation sites excluding steroid dienone is 1. The van der Waals surface area contributed by atoms with E-state index in [1.807, 2.05) is 61.5 Å². The number of aromatic nitrogens is 3. The normalized spacial score (nSPS) is 14.6. The van der Waals surface area contributed by atoms with Crippen LogP contribution in [0.3, 0.4) is 0 Å². The van der Waals surface area contributed by atoms with Gasteiger partial charge in [0.05, 0.1) is 5.57 Å². The highest BCUT2D eigenvalue weighted by Crippen LogP contribution is 2.38. The summed E-state index contributed by atoms with van der Waals surface area (Å²) in [5.74, 6) is 1.74. The number of thioether (sulfide) groups is 1. The monoisotopic (exact) mass is 526 g/mol. The van der Waals surface area contributed by atoms with Crippen molar-refractivity contribution in [2.45, 2.75) is 45.2 Å². The van der Waals surface area contributed by atoms with E-state index in [-0.39, 0.29) is 6.61 Å². The van der Waals surface area contributed by atoms with Gasteiger partial charge in [-0.1, -0.05) is 91.0 Å². The summed E-state index contributed by atoms with van der Waals surface area (Å²) in [4.78, 5) is 18.2. The number of fused-ring (bicyclic) bond motifs is 1. The first kappa shape index (κ1) is 25.6. The fraction of sp³-hybridized carbons (Fsp3) is 0.233. The molecule has 0 bridgehead atoms. The molecule has 0 saturated heterocycles. The van der Waals surface area contributed by atoms with E-state index in [2.05, 4.69) is 48.4 Å². The Bertz CT molecular complexity index is 1450. The molecule has 38 heavy (non-hydrogen) atoms. The van der Waals surface area contributed by atoms with Crippen molar-refractivity contribution in [3.05, 3.63) is 112 Å². The Morgan fingerprint density at radius 1 is 0.974 bits per heavy atom. The van der Waals surface area contributed by atoms with Crippen LogP contribution in [0, 0.1) is 6.92 Å². The van der Waals surface area contributed by atoms with E-state index in [0.29, 0.717) is 34.7 Å². The van der Waals surface area contributed by atoms with Crippen LogP contribution in [0.5, 0.6) is 5.75 Å². The van der Waals surface area contributed by atoms with Crippen LogP contribution in [-0.2, 0) is 22.7 Å². The molecule has 0 amide bonds. The molecule has 0 radical (unpaired) electrons. The van der Waals surface area contributed by atoms with Crippen LogP contribution in [0.2, 0.25) is 0 Å². The van der Waals surface area contributed by atoms with Gasteiger partial charge in [0.2, 0.25) is 11.1 Å². The molecule has 1 atom stereocenters. The van der Waals surface area contributed by atoms with Crippen LogP contribution < -0.4 is 10.1 Å². The van der Waals surface area contributed by atoms with E-state index in [1.165, 1.54) is 5.56 Å². The van der Waals surface area contributed by atoms with Crippen molar-refractivity contribution in [2.75, 3.05) is 11.1 Å². The van der Waals surface area contributed by atoms with Crippen LogP contribution in [-0.4, -0.2) is 26.5 Å². The van der Waals surface area contributed by atoms with E-state index in [0.717, 1.165) is 22.4 Å². The number of carbonyl (C=O) groups is 1. The minimum Gasteiger partial charge on any atom is -0.489 e. The number of anilines is 1. The third kappa shape index (κ3) is 5.75. The van der Waals surface area contributed by atoms with Crippen molar-refractivity contribution in [1.82, 2.24) is 14.8 Å². The zero-order valence-electron chi connectivity index (χ0n) is 21.7. The van der Waals surface area contributed by atoms with Crippen molar-refractivity contribution in [3.8, 4) is 5.75 Å². The summed E-state index contributed by atoms with van der Waals surface area (Å²) in [6, 6.07) is 25.2. The van der Waals surface area contributed by atoms with Gasteiger partial charge in [0, 0.05) is 5.70 Å². The first-order valence-corrected chi connectivity index (χ1v) is 13.6. The molecule has 4 aromatic rings. The van der Waals surface area contributed by atoms with Crippen LogP contribution in [0.4, 0.5) is 5.95 Å². The molecule has 7 nitrogen and oxygen atoms in total. The lowest BCUT2D eigenvalue weighted by Crippen LogP contribution is -2.29. The molecule has 8 heteroatoms. The molecule has 3 aromatic carbocycles. The molecule has 5 rings (SSSR count). The van der Waals surface area contributed by atoms with Gasteiger partial charge in [-0.3, -0.25) is 0 Å². The highest BCUT2D eigenvalue weighted by molar-refractivity contribution is 7.99. The number of benzene rings is 3. The molecule has 1 N–H and O–H groups in total. The van der Waals surface area contributed by atoms with Crippen LogP contribution >= 0.6 is 11.8 Å². The third-order valence-electron chi connectivity index (χ3n) is 6.24. The number of hydrogen-bond donors (Lipinski definition) is 1. The maximum Gasteiger partial charge on any atom is 0.338 e. The Kier molecular flexibility index (Phi) is 7.79. The Morgan fingerprint density at radius 3 is 2.50 bits per heavy atom. The molecule has 1 aromatic heterocycles. The first-order chi connectivity index (χ1) is 18.5. The van der Waals surface area contributed by atoms with Gasteiger partial charge in [-0.15, -0.1) is 5.10 Å². The smallest absolute Gasteiger partial charge is 0.338 e. The van der Waals surface area contributed by atoms with Crippen molar-refractivity contribution < 1.29 is 14.3 Å². The minimum atomic E-state index is -0.517. The molecule has 0 spiro atoms. The average Bonchev–Trinajstić information content (AvgIpc) is 3.33. The van der Waals surface area contributed by atoms with Gasteiger partial charge in [0.25, 0.3) is 0 Å². The molecular formula is C30H30N4O3S. The average molecular weight is 527 g/mol. The lowest BCUT2D eigenvalue weighted by atomic mass is 9.95. The molecule has 194 valence electrons. The molecule has 0 fully saturated rings. The zero-order valence-corrected chi connectivity index (χ0v) is 22.5. The van der Waals surface area contributed by atoms with Gasteiger partial charge in [-0.05, 0) is 48.4 Å². The van der Waals surface area contributed by atoms with Gasteiger partial charge in [0.1, 0.15) is 25.0 Å². The number of esters is 1. The maximum atomic E-state index is 13.5. The van der Waals surface area contributed by atoms with Crippen LogP contribution in [0.25, 0.3) is 0 Å². The molecule has 1 aliphatic heterocycles. The molecule has 0 saturated carbocycles. The third-order valence-corrected chi connectivity index (χ3v) is 6.96. The van der Waals surface area contributed by atoms with Crippen molar-refractivity contribution in [1.29, 1.82) is 0 Å². The number of rotatable bonds is 9. The topological polar surface area (TPSA) is 78.3 Å². The highest BCUT2D eigenvalue weighted by Gasteiger charge is 2.35. The molecular weight excluding hydrogens is 496 g/mol. The van der Waals surface area contributed by atoms with Gasteiger partial charge in [-0.25, -0.2) is 9.48 Å². The number of aryl methyl sites for hydroxylation is 1. The van der Waals surface area contributed by atoms with Gasteiger partial charge < -0.3 is 14.8 Å². The predicted molar refractivity (Wildman–Crippen MR) is 149 cm³/mol. The van der Waals surface area contributed by atoms with E-state index in [1.54, 1.807) is 16.4 Å². The summed E-state index contributed by atoms with van der Waals surface area (Å²) in [6.07, 6.45) is 0. The van der Waals surface area contributed by atoms with E-state index in [4.69, 9.17) is 14.6 Å². The van der Waals surface area contributed by atoms with E-state index < -0.39 is 12.0 Å². The van der Waals surface area contributed by atoms with Crippen molar-refractivity contribution >= 4 is 23.7 Å². The summed E-state index contributed by atoms with van der Waals surface area (Å²) >= 11 is 1.55. The van der Waals surface area contributed by atoms with Crippen LogP contribution in [0.15, 0.2) is 95.3 Å². The number of nitrogens with zero attached hydrogens (tertiary/aromatic N) is 3. The lowest BCUT2D eigenvalue weighted by molar-refractivity contribution is -0.140.